The predicted molar refractivity (Wildman–Crippen MR) is 132 cm³/mol. The third kappa shape index (κ3) is 4.72. The molecule has 2 amide bonds. The average Bonchev–Trinajstić information content (AvgIpc) is 3.27. The second-order valence-electron chi connectivity index (χ2n) is 8.12. The number of thioether (sulfide) groups is 2. The number of aromatic nitrogens is 3. The number of thiazole rings is 1. The van der Waals surface area contributed by atoms with Crippen LogP contribution in [0.1, 0.15) is 5.69 Å². The third-order valence-corrected chi connectivity index (χ3v) is 9.28. The Morgan fingerprint density at radius 2 is 2.17 bits per heavy atom. The summed E-state index contributed by atoms with van der Waals surface area (Å²) in [6.07, 6.45) is 0. The summed E-state index contributed by atoms with van der Waals surface area (Å²) >= 11 is 3.54. The summed E-state index contributed by atoms with van der Waals surface area (Å²) in [7, 11) is 2.97. The van der Waals surface area contributed by atoms with Crippen LogP contribution in [0.15, 0.2) is 21.8 Å². The van der Waals surface area contributed by atoms with Gasteiger partial charge in [0.25, 0.3) is 5.91 Å². The van der Waals surface area contributed by atoms with E-state index in [9.17, 15) is 19.5 Å². The number of anilines is 3. The second kappa shape index (κ2) is 9.98. The van der Waals surface area contributed by atoms with E-state index in [0.29, 0.717) is 11.0 Å². The lowest BCUT2D eigenvalue weighted by Crippen LogP contribution is -2.75. The van der Waals surface area contributed by atoms with Crippen molar-refractivity contribution in [2.24, 2.45) is 17.6 Å². The Balaban J connectivity index is 1.45. The molecule has 2 aromatic rings. The Morgan fingerprint density at radius 3 is 2.81 bits per heavy atom. The van der Waals surface area contributed by atoms with Gasteiger partial charge in [0.2, 0.25) is 17.5 Å². The third-order valence-electron chi connectivity index (χ3n) is 5.70. The maximum Gasteiger partial charge on any atom is 0.300 e. The fraction of sp³-hybridized carbons (Fsp3) is 0.421. The normalized spacial score (nSPS) is 23.6. The SMILES string of the molecule is CON=C(C(=O)NC1C(=O)N2CC(CSc3nc(N)cc(N)[n+]3C)(C(=O)[O-])CS[C@H]12)c1csc(N)n1. The molecule has 2 aliphatic rings. The number of carbonyl (C=O) groups excluding carboxylic acids is 3. The molecule has 2 fully saturated rings. The number of carboxylic acid groups (broad SMARTS) is 1. The van der Waals surface area contributed by atoms with Crippen LogP contribution < -0.4 is 32.2 Å². The van der Waals surface area contributed by atoms with Gasteiger partial charge >= 0.3 is 5.16 Å². The first kappa shape index (κ1) is 25.8. The Hall–Kier alpha value is -3.31. The summed E-state index contributed by atoms with van der Waals surface area (Å²) in [5.74, 6) is -1.53. The molecule has 0 aliphatic carbocycles. The van der Waals surface area contributed by atoms with Crippen LogP contribution in [-0.2, 0) is 26.3 Å². The van der Waals surface area contributed by atoms with Crippen LogP contribution in [0, 0.1) is 5.41 Å². The van der Waals surface area contributed by atoms with Crippen molar-refractivity contribution in [3.05, 3.63) is 17.1 Å². The summed E-state index contributed by atoms with van der Waals surface area (Å²) in [4.78, 5) is 52.4. The molecule has 2 unspecified atom stereocenters. The molecule has 0 spiro atoms. The smallest absolute Gasteiger partial charge is 0.300 e. The average molecular weight is 554 g/mol. The number of nitrogen functional groups attached to an aromatic ring is 3. The van der Waals surface area contributed by atoms with Crippen LogP contribution in [0.3, 0.4) is 0 Å². The van der Waals surface area contributed by atoms with Gasteiger partial charge in [-0.15, -0.1) is 23.1 Å². The van der Waals surface area contributed by atoms with Gasteiger partial charge < -0.3 is 42.2 Å². The van der Waals surface area contributed by atoms with Gasteiger partial charge in [-0.1, -0.05) is 21.9 Å². The molecule has 2 aliphatic heterocycles. The first-order valence-corrected chi connectivity index (χ1v) is 13.3. The number of nitrogens with zero attached hydrogens (tertiary/aromatic N) is 5. The molecule has 14 nitrogen and oxygen atoms in total. The number of hydrogen-bond acceptors (Lipinski definition) is 14. The molecule has 0 saturated carbocycles. The Kier molecular flexibility index (Phi) is 7.14. The van der Waals surface area contributed by atoms with E-state index < -0.39 is 34.6 Å². The molecule has 17 heteroatoms. The lowest BCUT2D eigenvalue weighted by Gasteiger charge is -2.55. The number of carboxylic acids is 1. The molecule has 0 bridgehead atoms. The minimum atomic E-state index is -1.34. The van der Waals surface area contributed by atoms with E-state index in [1.54, 1.807) is 17.0 Å². The van der Waals surface area contributed by atoms with Gasteiger partial charge in [-0.05, 0) is 0 Å². The molecule has 36 heavy (non-hydrogen) atoms. The quantitative estimate of drug-likeness (QED) is 0.0660. The topological polar surface area (TPSA) is 219 Å². The van der Waals surface area contributed by atoms with Crippen molar-refractivity contribution in [2.45, 2.75) is 16.6 Å². The molecule has 4 rings (SSSR count). The summed E-state index contributed by atoms with van der Waals surface area (Å²) in [6.45, 7) is -0.0750. The number of nitrogens with two attached hydrogens (primary N) is 3. The van der Waals surface area contributed by atoms with Crippen LogP contribution in [0.25, 0.3) is 0 Å². The van der Waals surface area contributed by atoms with E-state index in [0.717, 1.165) is 23.1 Å². The van der Waals surface area contributed by atoms with Gasteiger partial charge in [-0.3, -0.25) is 9.59 Å². The number of nitrogens with one attached hydrogen (secondary N) is 1. The number of oxime groups is 1. The second-order valence-corrected chi connectivity index (χ2v) is 11.1. The van der Waals surface area contributed by atoms with Crippen LogP contribution in [0.4, 0.5) is 16.8 Å². The zero-order valence-corrected chi connectivity index (χ0v) is 21.6. The molecule has 2 saturated heterocycles. The van der Waals surface area contributed by atoms with Gasteiger partial charge in [0.15, 0.2) is 10.8 Å². The van der Waals surface area contributed by atoms with Crippen molar-refractivity contribution in [3.63, 3.8) is 0 Å². The molecule has 192 valence electrons. The first-order chi connectivity index (χ1) is 17.1. The molecular weight excluding hydrogens is 530 g/mol. The highest BCUT2D eigenvalue weighted by molar-refractivity contribution is 8.00. The molecule has 0 radical (unpaired) electrons. The van der Waals surface area contributed by atoms with Crippen molar-refractivity contribution in [1.29, 1.82) is 0 Å². The molecule has 2 aromatic heterocycles. The van der Waals surface area contributed by atoms with E-state index in [1.165, 1.54) is 29.8 Å². The van der Waals surface area contributed by atoms with Gasteiger partial charge in [-0.25, -0.2) is 9.55 Å². The van der Waals surface area contributed by atoms with Gasteiger partial charge in [0.05, 0.1) is 19.1 Å². The van der Waals surface area contributed by atoms with Crippen LogP contribution >= 0.6 is 34.9 Å². The molecule has 0 aromatic carbocycles. The minimum Gasteiger partial charge on any atom is -0.549 e. The highest BCUT2D eigenvalue weighted by atomic mass is 32.2. The fourth-order valence-corrected chi connectivity index (χ4v) is 7.11. The van der Waals surface area contributed by atoms with Crippen LogP contribution in [0.2, 0.25) is 0 Å². The summed E-state index contributed by atoms with van der Waals surface area (Å²) in [6, 6.07) is 0.639. The number of rotatable bonds is 8. The maximum absolute atomic E-state index is 12.9. The van der Waals surface area contributed by atoms with E-state index >= 15 is 0 Å². The van der Waals surface area contributed by atoms with Gasteiger partial charge in [0, 0.05) is 28.8 Å². The predicted octanol–water partition coefficient (Wildman–Crippen LogP) is -2.61. The summed E-state index contributed by atoms with van der Waals surface area (Å²) in [5, 5.41) is 20.4. The number of hydrogen-bond donors (Lipinski definition) is 4. The van der Waals surface area contributed by atoms with Crippen molar-refractivity contribution in [2.75, 3.05) is 42.4 Å². The zero-order chi connectivity index (χ0) is 26.2. The number of amides is 2. The molecule has 7 N–H and O–H groups in total. The number of fused-ring (bicyclic) bond motifs is 1. The Labute approximate surface area is 217 Å². The molecular formula is C19H23N9O5S3. The van der Waals surface area contributed by atoms with Crippen molar-refractivity contribution < 1.29 is 28.9 Å². The first-order valence-electron chi connectivity index (χ1n) is 10.4. The lowest BCUT2D eigenvalue weighted by molar-refractivity contribution is -0.698. The van der Waals surface area contributed by atoms with E-state index in [2.05, 4.69) is 20.4 Å². The van der Waals surface area contributed by atoms with Crippen molar-refractivity contribution in [3.8, 4) is 0 Å². The number of aliphatic carboxylic acids is 1. The number of carbonyl (C=O) groups is 3. The van der Waals surface area contributed by atoms with Gasteiger partial charge in [-0.2, -0.15) is 0 Å². The monoisotopic (exact) mass is 553 g/mol. The van der Waals surface area contributed by atoms with E-state index in [4.69, 9.17) is 22.0 Å². The lowest BCUT2D eigenvalue weighted by atomic mass is 9.89. The number of β-lactam (4-membered cyclic amide) rings is 1. The highest BCUT2D eigenvalue weighted by Gasteiger charge is 2.56. The van der Waals surface area contributed by atoms with Crippen LogP contribution in [-0.4, -0.2) is 74.9 Å². The van der Waals surface area contributed by atoms with E-state index in [-0.39, 0.29) is 40.4 Å². The Bertz CT molecular complexity index is 1260. The van der Waals surface area contributed by atoms with Gasteiger partial charge in [0.1, 0.15) is 24.2 Å². The van der Waals surface area contributed by atoms with Crippen molar-refractivity contribution >= 4 is 75.1 Å². The summed E-state index contributed by atoms with van der Waals surface area (Å²) < 4.78 is 1.60. The molecule has 4 heterocycles. The van der Waals surface area contributed by atoms with E-state index in [1.807, 2.05) is 0 Å². The van der Waals surface area contributed by atoms with Crippen molar-refractivity contribution in [1.82, 2.24) is 20.2 Å². The molecule has 3 atom stereocenters. The minimum absolute atomic E-state index is 0.0750. The Morgan fingerprint density at radius 1 is 1.42 bits per heavy atom. The summed E-state index contributed by atoms with van der Waals surface area (Å²) in [5.41, 5.74) is 16.1. The zero-order valence-electron chi connectivity index (χ0n) is 19.2. The standard InChI is InChI=1S/C19H23N9O5S3/c1-27-10(21)3-9(20)24-18(27)36-7-19(16(31)32)5-28-14(30)12(15(28)35-6-19)25-13(29)11(26-33-2)8-4-34-17(22)23-8/h3-4,12,15H,5-7H2,1-2H3,(H7,20,21,22,23,25,29,31,32)/t12?,15-,19?/m1/s1. The highest BCUT2D eigenvalue weighted by Crippen LogP contribution is 2.43. The fourth-order valence-electron chi connectivity index (χ4n) is 3.71. The maximum atomic E-state index is 12.9. The largest absolute Gasteiger partial charge is 0.549 e. The van der Waals surface area contributed by atoms with Crippen LogP contribution in [0.5, 0.6) is 0 Å².